The van der Waals surface area contributed by atoms with Crippen LogP contribution in [0, 0.1) is 29.1 Å². The molecule has 0 N–H and O–H groups in total. The Morgan fingerprint density at radius 3 is 1.40 bits per heavy atom. The van der Waals surface area contributed by atoms with Crippen LogP contribution >= 0.6 is 0 Å². The lowest BCUT2D eigenvalue weighted by atomic mass is 9.84. The number of carbonyl (C=O) groups excluding carboxylic acids is 2. The van der Waals surface area contributed by atoms with Crippen molar-refractivity contribution in [2.75, 3.05) is 0 Å². The van der Waals surface area contributed by atoms with Crippen molar-refractivity contribution in [3.05, 3.63) is 11.6 Å². The molecule has 0 aliphatic heterocycles. The lowest BCUT2D eigenvalue weighted by Crippen LogP contribution is -2.35. The summed E-state index contributed by atoms with van der Waals surface area (Å²) in [7, 11) is 0. The third-order valence-electron chi connectivity index (χ3n) is 5.80. The number of hydrogen-bond donors (Lipinski definition) is 0. The van der Waals surface area contributed by atoms with Crippen LogP contribution < -0.4 is 0 Å². The second-order valence-electron chi connectivity index (χ2n) is 10.4. The molecular formula is C38H78O4. The van der Waals surface area contributed by atoms with Gasteiger partial charge in [-0.25, -0.2) is 0 Å². The van der Waals surface area contributed by atoms with Crippen molar-refractivity contribution < 1.29 is 19.1 Å². The average Bonchev–Trinajstić information content (AvgIpc) is 3.00. The van der Waals surface area contributed by atoms with Gasteiger partial charge in [-0.1, -0.05) is 141 Å². The Hall–Kier alpha value is -1.76. The number of carbonyl (C=O) groups is 2. The molecular weight excluding hydrogens is 520 g/mol. The number of esters is 2. The van der Waals surface area contributed by atoms with E-state index in [1.807, 2.05) is 69.2 Å². The minimum absolute atomic E-state index is 0.135. The highest BCUT2D eigenvalue weighted by atomic mass is 16.6. The highest BCUT2D eigenvalue weighted by molar-refractivity contribution is 5.83. The molecule has 0 saturated carbocycles. The quantitative estimate of drug-likeness (QED) is 0.115. The van der Waals surface area contributed by atoms with Crippen molar-refractivity contribution in [3.63, 3.8) is 0 Å². The molecule has 0 radical (unpaired) electrons. The van der Waals surface area contributed by atoms with Gasteiger partial charge in [-0.2, -0.15) is 0 Å². The second-order valence-corrected chi connectivity index (χ2v) is 10.4. The van der Waals surface area contributed by atoms with Gasteiger partial charge in [0.25, 0.3) is 0 Å². The topological polar surface area (TPSA) is 52.6 Å². The Bertz CT molecular complexity index is 642. The fraction of sp³-hybridized carbons (Fsp3) is 0.842. The zero-order chi connectivity index (χ0) is 34.7. The molecule has 0 spiro atoms. The first-order chi connectivity index (χ1) is 19.8. The maximum absolute atomic E-state index is 12.1. The van der Waals surface area contributed by atoms with Crippen molar-refractivity contribution in [1.29, 1.82) is 0 Å². The molecule has 4 nitrogen and oxygen atoms in total. The molecule has 0 saturated heterocycles. The first-order valence-corrected chi connectivity index (χ1v) is 17.4. The van der Waals surface area contributed by atoms with E-state index in [4.69, 9.17) is 9.47 Å². The number of ether oxygens (including phenoxy) is 2. The highest BCUT2D eigenvalue weighted by Crippen LogP contribution is 2.26. The second kappa shape index (κ2) is 39.2. The fourth-order valence-corrected chi connectivity index (χ4v) is 2.66. The molecule has 0 heterocycles. The zero-order valence-corrected chi connectivity index (χ0v) is 32.2. The predicted molar refractivity (Wildman–Crippen MR) is 190 cm³/mol. The fourth-order valence-electron chi connectivity index (χ4n) is 2.66. The predicted octanol–water partition coefficient (Wildman–Crippen LogP) is 12.4. The maximum Gasteiger partial charge on any atom is 0.311 e. The van der Waals surface area contributed by atoms with E-state index in [0.29, 0.717) is 18.3 Å². The van der Waals surface area contributed by atoms with Crippen LogP contribution in [0.1, 0.15) is 183 Å². The molecule has 3 atom stereocenters. The first-order valence-electron chi connectivity index (χ1n) is 17.4. The normalized spacial score (nSPS) is 15.4. The van der Waals surface area contributed by atoms with Gasteiger partial charge in [0.2, 0.25) is 0 Å². The van der Waals surface area contributed by atoms with Gasteiger partial charge < -0.3 is 9.47 Å². The van der Waals surface area contributed by atoms with Gasteiger partial charge in [-0.05, 0) is 46.0 Å². The summed E-state index contributed by atoms with van der Waals surface area (Å²) in [6, 6.07) is 0. The summed E-state index contributed by atoms with van der Waals surface area (Å²) in [4.78, 5) is 24.1. The summed E-state index contributed by atoms with van der Waals surface area (Å²) in [6.07, 6.45) is 10.1. The maximum atomic E-state index is 12.1. The van der Waals surface area contributed by atoms with Crippen molar-refractivity contribution in [2.24, 2.45) is 17.3 Å². The van der Waals surface area contributed by atoms with Crippen molar-refractivity contribution >= 4 is 11.9 Å². The van der Waals surface area contributed by atoms with Crippen molar-refractivity contribution in [2.45, 2.75) is 195 Å². The lowest BCUT2D eigenvalue weighted by molar-refractivity contribution is -0.165. The lowest BCUT2D eigenvalue weighted by Gasteiger charge is -2.25. The van der Waals surface area contributed by atoms with E-state index >= 15 is 0 Å². The number of rotatable bonds is 9. The molecule has 0 bridgehead atoms. The number of unbranched alkanes of at least 4 members (excludes halogenated alkanes) is 3. The Morgan fingerprint density at radius 1 is 0.738 bits per heavy atom. The first kappa shape index (κ1) is 52.9. The third-order valence-corrected chi connectivity index (χ3v) is 5.80. The molecule has 254 valence electrons. The summed E-state index contributed by atoms with van der Waals surface area (Å²) in [5.41, 5.74) is 1.89. The molecule has 0 aromatic carbocycles. The van der Waals surface area contributed by atoms with Crippen LogP contribution in [0.5, 0.6) is 0 Å². The van der Waals surface area contributed by atoms with Crippen LogP contribution in [0.3, 0.4) is 0 Å². The van der Waals surface area contributed by atoms with E-state index in [1.54, 1.807) is 13.8 Å². The summed E-state index contributed by atoms with van der Waals surface area (Å²) in [5, 5.41) is 0. The molecule has 0 aromatic rings. The Morgan fingerprint density at radius 2 is 1.12 bits per heavy atom. The van der Waals surface area contributed by atoms with Gasteiger partial charge in [0.1, 0.15) is 0 Å². The van der Waals surface area contributed by atoms with E-state index in [9.17, 15) is 9.59 Å². The molecule has 0 amide bonds. The summed E-state index contributed by atoms with van der Waals surface area (Å²) in [5.74, 6) is 4.08. The summed E-state index contributed by atoms with van der Waals surface area (Å²) >= 11 is 0. The van der Waals surface area contributed by atoms with Crippen molar-refractivity contribution in [1.82, 2.24) is 0 Å². The SMILES string of the molecule is CC.CC.CC.CC.CCC(C)OC(=O)C1CC#CCC1C(=O)OC(C)C.CCCC.CCCC/C=C(\C)C(C)(C)C. The van der Waals surface area contributed by atoms with Crippen LogP contribution in [0.2, 0.25) is 0 Å². The number of hydrogen-bond acceptors (Lipinski definition) is 4. The van der Waals surface area contributed by atoms with Crippen LogP contribution in [-0.2, 0) is 19.1 Å². The molecule has 42 heavy (non-hydrogen) atoms. The molecule has 1 aliphatic rings. The molecule has 0 aromatic heterocycles. The van der Waals surface area contributed by atoms with Gasteiger partial charge in [-0.15, -0.1) is 11.8 Å². The smallest absolute Gasteiger partial charge is 0.311 e. The monoisotopic (exact) mass is 599 g/mol. The Labute approximate surface area is 266 Å². The molecule has 3 unspecified atom stereocenters. The van der Waals surface area contributed by atoms with E-state index in [-0.39, 0.29) is 24.1 Å². The Kier molecular flexibility index (Phi) is 49.4. The van der Waals surface area contributed by atoms with Gasteiger partial charge >= 0.3 is 11.9 Å². The van der Waals surface area contributed by atoms with E-state index in [0.717, 1.165) is 6.42 Å². The average molecular weight is 599 g/mol. The largest absolute Gasteiger partial charge is 0.463 e. The zero-order valence-electron chi connectivity index (χ0n) is 32.2. The Balaban J connectivity index is -0.000000119. The highest BCUT2D eigenvalue weighted by Gasteiger charge is 2.37. The summed E-state index contributed by atoms with van der Waals surface area (Å²) < 4.78 is 10.5. The molecule has 1 rings (SSSR count). The van der Waals surface area contributed by atoms with E-state index < -0.39 is 11.8 Å². The van der Waals surface area contributed by atoms with Gasteiger partial charge in [0.05, 0.1) is 24.0 Å². The minimum atomic E-state index is -0.500. The van der Waals surface area contributed by atoms with Crippen LogP contribution in [0.25, 0.3) is 0 Å². The van der Waals surface area contributed by atoms with Crippen LogP contribution in [-0.4, -0.2) is 24.1 Å². The van der Waals surface area contributed by atoms with E-state index in [2.05, 4.69) is 66.4 Å². The van der Waals surface area contributed by atoms with Gasteiger partial charge in [0, 0.05) is 12.8 Å². The van der Waals surface area contributed by atoms with E-state index in [1.165, 1.54) is 37.7 Å². The molecule has 4 heteroatoms. The van der Waals surface area contributed by atoms with Gasteiger partial charge in [-0.3, -0.25) is 9.59 Å². The number of allylic oxidation sites excluding steroid dienone is 2. The molecule has 0 fully saturated rings. The third kappa shape index (κ3) is 34.4. The van der Waals surface area contributed by atoms with Crippen LogP contribution in [0.15, 0.2) is 11.6 Å². The molecule has 1 aliphatic carbocycles. The van der Waals surface area contributed by atoms with Crippen molar-refractivity contribution in [3.8, 4) is 11.8 Å². The van der Waals surface area contributed by atoms with Crippen LogP contribution in [0.4, 0.5) is 0 Å². The van der Waals surface area contributed by atoms with Gasteiger partial charge in [0.15, 0.2) is 0 Å². The minimum Gasteiger partial charge on any atom is -0.463 e. The summed E-state index contributed by atoms with van der Waals surface area (Å²) in [6.45, 7) is 39.0. The standard InChI is InChI=1S/C15H22O4.C11H22.C4H10.4C2H6/c1-5-11(4)19-15(17)13-9-7-6-8-12(13)14(16)18-10(2)3;1-6-7-8-9-10(2)11(3,4)5;1-3-4-2;4*1-2/h10-13H,5,8-9H2,1-4H3;9H,6-8H2,1-5H3;3-4H2,1-2H3;4*1-2H3/b;10-9+;;;;;.